The van der Waals surface area contributed by atoms with E-state index in [1.807, 2.05) is 31.2 Å². The molecule has 0 saturated carbocycles. The lowest BCUT2D eigenvalue weighted by molar-refractivity contribution is 0.0519. The molecular weight excluding hydrogens is 270 g/mol. The van der Waals surface area contributed by atoms with Crippen molar-refractivity contribution in [2.75, 3.05) is 18.5 Å². The molecule has 0 aliphatic rings. The molecule has 0 amide bonds. The maximum Gasteiger partial charge on any atom is 0.361 e. The number of hydrogen-bond donors (Lipinski definition) is 2. The van der Waals surface area contributed by atoms with Gasteiger partial charge in [0.15, 0.2) is 5.69 Å². The van der Waals surface area contributed by atoms with Crippen molar-refractivity contribution in [1.82, 2.24) is 10.2 Å². The van der Waals surface area contributed by atoms with Crippen molar-refractivity contribution in [3.63, 3.8) is 0 Å². The fourth-order valence-electron chi connectivity index (χ4n) is 2.02. The van der Waals surface area contributed by atoms with E-state index in [1.165, 1.54) is 0 Å². The van der Waals surface area contributed by atoms with E-state index in [0.29, 0.717) is 11.2 Å². The molecule has 0 spiro atoms. The predicted octanol–water partition coefficient (Wildman–Crippen LogP) is 1.99. The SMILES string of the molecule is CCOC(=O)c1nnc2ccccc2c1NC(CC)CO. The molecule has 2 rings (SSSR count). The number of ether oxygens (including phenoxy) is 1. The topological polar surface area (TPSA) is 84.3 Å². The Hall–Kier alpha value is -2.21. The van der Waals surface area contributed by atoms with Crippen molar-refractivity contribution < 1.29 is 14.6 Å². The lowest BCUT2D eigenvalue weighted by Crippen LogP contribution is -2.25. The number of aromatic nitrogens is 2. The Morgan fingerprint density at radius 2 is 2.10 bits per heavy atom. The van der Waals surface area contributed by atoms with E-state index in [2.05, 4.69) is 15.5 Å². The minimum absolute atomic E-state index is 0.0323. The van der Waals surface area contributed by atoms with E-state index in [-0.39, 0.29) is 24.9 Å². The van der Waals surface area contributed by atoms with Crippen molar-refractivity contribution in [2.45, 2.75) is 26.3 Å². The van der Waals surface area contributed by atoms with Crippen LogP contribution < -0.4 is 5.32 Å². The van der Waals surface area contributed by atoms with Gasteiger partial charge in [-0.1, -0.05) is 25.1 Å². The van der Waals surface area contributed by atoms with Crippen LogP contribution in [-0.2, 0) is 4.74 Å². The van der Waals surface area contributed by atoms with Crippen LogP contribution in [0, 0.1) is 0 Å². The second-order valence-corrected chi connectivity index (χ2v) is 4.59. The molecular formula is C15H19N3O3. The van der Waals surface area contributed by atoms with E-state index >= 15 is 0 Å². The quantitative estimate of drug-likeness (QED) is 0.791. The fourth-order valence-corrected chi connectivity index (χ4v) is 2.02. The lowest BCUT2D eigenvalue weighted by atomic mass is 10.1. The molecule has 0 aliphatic heterocycles. The van der Waals surface area contributed by atoms with Crippen LogP contribution in [0.25, 0.3) is 10.9 Å². The van der Waals surface area contributed by atoms with Crippen molar-refractivity contribution in [3.8, 4) is 0 Å². The van der Waals surface area contributed by atoms with Gasteiger partial charge in [0.2, 0.25) is 0 Å². The molecule has 6 heteroatoms. The molecule has 112 valence electrons. The normalized spacial score (nSPS) is 12.1. The zero-order valence-corrected chi connectivity index (χ0v) is 12.2. The molecule has 0 saturated heterocycles. The van der Waals surface area contributed by atoms with E-state index in [1.54, 1.807) is 6.92 Å². The van der Waals surface area contributed by atoms with Crippen molar-refractivity contribution in [2.24, 2.45) is 0 Å². The minimum atomic E-state index is -0.522. The second kappa shape index (κ2) is 6.99. The fraction of sp³-hybridized carbons (Fsp3) is 0.400. The number of benzene rings is 1. The van der Waals surface area contributed by atoms with Crippen LogP contribution in [0.3, 0.4) is 0 Å². The molecule has 0 bridgehead atoms. The largest absolute Gasteiger partial charge is 0.461 e. The smallest absolute Gasteiger partial charge is 0.361 e. The number of aliphatic hydroxyl groups is 1. The monoisotopic (exact) mass is 289 g/mol. The van der Waals surface area contributed by atoms with Crippen LogP contribution in [0.15, 0.2) is 24.3 Å². The highest BCUT2D eigenvalue weighted by Crippen LogP contribution is 2.26. The number of esters is 1. The number of hydrogen-bond acceptors (Lipinski definition) is 6. The van der Waals surface area contributed by atoms with Crippen LogP contribution in [0.2, 0.25) is 0 Å². The third kappa shape index (κ3) is 3.28. The molecule has 1 unspecified atom stereocenters. The van der Waals surface area contributed by atoms with E-state index < -0.39 is 5.97 Å². The van der Waals surface area contributed by atoms with Gasteiger partial charge in [0, 0.05) is 11.4 Å². The number of nitrogens with zero attached hydrogens (tertiary/aromatic N) is 2. The zero-order chi connectivity index (χ0) is 15.2. The van der Waals surface area contributed by atoms with Crippen molar-refractivity contribution in [3.05, 3.63) is 30.0 Å². The molecule has 21 heavy (non-hydrogen) atoms. The first-order chi connectivity index (χ1) is 10.2. The molecule has 1 aromatic heterocycles. The van der Waals surface area contributed by atoms with Crippen LogP contribution in [0.4, 0.5) is 5.69 Å². The molecule has 1 aromatic carbocycles. The second-order valence-electron chi connectivity index (χ2n) is 4.59. The van der Waals surface area contributed by atoms with Crippen molar-refractivity contribution in [1.29, 1.82) is 0 Å². The van der Waals surface area contributed by atoms with Gasteiger partial charge in [0.1, 0.15) is 0 Å². The summed E-state index contributed by atoms with van der Waals surface area (Å²) >= 11 is 0. The van der Waals surface area contributed by atoms with Crippen LogP contribution in [0.5, 0.6) is 0 Å². The highest BCUT2D eigenvalue weighted by Gasteiger charge is 2.20. The van der Waals surface area contributed by atoms with Gasteiger partial charge in [-0.3, -0.25) is 0 Å². The molecule has 0 aliphatic carbocycles. The summed E-state index contributed by atoms with van der Waals surface area (Å²) in [5.41, 5.74) is 1.38. The maximum absolute atomic E-state index is 12.0. The van der Waals surface area contributed by atoms with Gasteiger partial charge in [-0.05, 0) is 19.4 Å². The molecule has 2 aromatic rings. The number of anilines is 1. The molecule has 0 fully saturated rings. The predicted molar refractivity (Wildman–Crippen MR) is 80.3 cm³/mol. The standard InChI is InChI=1S/C15H19N3O3/c1-3-10(9-19)16-13-11-7-5-6-8-12(11)17-18-14(13)15(20)21-4-2/h5-8,10,19H,3-4,9H2,1-2H3,(H,16,17). The molecule has 1 heterocycles. The third-order valence-corrected chi connectivity index (χ3v) is 3.20. The first-order valence-electron chi connectivity index (χ1n) is 7.01. The summed E-state index contributed by atoms with van der Waals surface area (Å²) in [6, 6.07) is 7.24. The number of carbonyl (C=O) groups is 1. The Bertz CT molecular complexity index is 627. The van der Waals surface area contributed by atoms with Gasteiger partial charge >= 0.3 is 5.97 Å². The summed E-state index contributed by atoms with van der Waals surface area (Å²) in [5, 5.41) is 21.4. The van der Waals surface area contributed by atoms with Gasteiger partial charge in [-0.25, -0.2) is 4.79 Å². The summed E-state index contributed by atoms with van der Waals surface area (Å²) < 4.78 is 5.02. The average Bonchev–Trinajstić information content (AvgIpc) is 2.52. The van der Waals surface area contributed by atoms with Crippen molar-refractivity contribution >= 4 is 22.6 Å². The molecule has 1 atom stereocenters. The number of carbonyl (C=O) groups excluding carboxylic acids is 1. The highest BCUT2D eigenvalue weighted by molar-refractivity contribution is 6.03. The molecule has 2 N–H and O–H groups in total. The molecule has 6 nitrogen and oxygen atoms in total. The number of nitrogens with one attached hydrogen (secondary N) is 1. The maximum atomic E-state index is 12.0. The van der Waals surface area contributed by atoms with E-state index in [0.717, 1.165) is 11.8 Å². The van der Waals surface area contributed by atoms with Gasteiger partial charge < -0.3 is 15.2 Å². The summed E-state index contributed by atoms with van der Waals surface area (Å²) in [4.78, 5) is 12.0. The Balaban J connectivity index is 2.54. The highest BCUT2D eigenvalue weighted by atomic mass is 16.5. The van der Waals surface area contributed by atoms with Crippen LogP contribution >= 0.6 is 0 Å². The lowest BCUT2D eigenvalue weighted by Gasteiger charge is -2.18. The first-order valence-corrected chi connectivity index (χ1v) is 7.01. The Morgan fingerprint density at radius 3 is 2.76 bits per heavy atom. The summed E-state index contributed by atoms with van der Waals surface area (Å²) in [7, 11) is 0. The minimum Gasteiger partial charge on any atom is -0.461 e. The summed E-state index contributed by atoms with van der Waals surface area (Å²) in [6.45, 7) is 3.93. The third-order valence-electron chi connectivity index (χ3n) is 3.20. The van der Waals surface area contributed by atoms with E-state index in [4.69, 9.17) is 4.74 Å². The Labute approximate surface area is 123 Å². The molecule has 0 radical (unpaired) electrons. The van der Waals surface area contributed by atoms with Gasteiger partial charge in [-0.15, -0.1) is 10.2 Å². The number of rotatable bonds is 6. The Morgan fingerprint density at radius 1 is 1.33 bits per heavy atom. The van der Waals surface area contributed by atoms with Gasteiger partial charge in [-0.2, -0.15) is 0 Å². The average molecular weight is 289 g/mol. The van der Waals surface area contributed by atoms with Gasteiger partial charge in [0.05, 0.1) is 24.4 Å². The Kier molecular flexibility index (Phi) is 5.05. The summed E-state index contributed by atoms with van der Waals surface area (Å²) in [6.07, 6.45) is 0.718. The van der Waals surface area contributed by atoms with E-state index in [9.17, 15) is 9.90 Å². The van der Waals surface area contributed by atoms with Gasteiger partial charge in [0.25, 0.3) is 0 Å². The number of fused-ring (bicyclic) bond motifs is 1. The summed E-state index contributed by atoms with van der Waals surface area (Å²) in [5.74, 6) is -0.522. The number of aliphatic hydroxyl groups excluding tert-OH is 1. The van der Waals surface area contributed by atoms with Crippen LogP contribution in [-0.4, -0.2) is 40.5 Å². The van der Waals surface area contributed by atoms with Crippen LogP contribution in [0.1, 0.15) is 30.8 Å². The zero-order valence-electron chi connectivity index (χ0n) is 12.2. The first kappa shape index (κ1) is 15.2.